The van der Waals surface area contributed by atoms with E-state index in [4.69, 9.17) is 18.6 Å². The minimum Gasteiger partial charge on any atom is -0.486 e. The van der Waals surface area contributed by atoms with E-state index in [1.54, 1.807) is 30.3 Å². The van der Waals surface area contributed by atoms with Gasteiger partial charge in [0.15, 0.2) is 17.3 Å². The Hall–Kier alpha value is -3.68. The van der Waals surface area contributed by atoms with Crippen molar-refractivity contribution in [2.24, 2.45) is 0 Å². The van der Waals surface area contributed by atoms with Gasteiger partial charge >= 0.3 is 6.18 Å². The molecule has 2 aromatic carbocycles. The van der Waals surface area contributed by atoms with Crippen LogP contribution in [0.15, 0.2) is 65.1 Å². The highest BCUT2D eigenvalue weighted by atomic mass is 19.4. The summed E-state index contributed by atoms with van der Waals surface area (Å²) in [7, 11) is 0. The van der Waals surface area contributed by atoms with Crippen LogP contribution in [0.5, 0.6) is 17.2 Å². The number of ether oxygens (including phenoxy) is 3. The second-order valence-electron chi connectivity index (χ2n) is 6.67. The van der Waals surface area contributed by atoms with Gasteiger partial charge in [0.25, 0.3) is 0 Å². The van der Waals surface area contributed by atoms with E-state index in [0.29, 0.717) is 41.8 Å². The molecule has 1 aromatic heterocycles. The van der Waals surface area contributed by atoms with Crippen molar-refractivity contribution in [3.63, 3.8) is 0 Å². The molecule has 0 saturated carbocycles. The van der Waals surface area contributed by atoms with Crippen LogP contribution in [-0.2, 0) is 12.8 Å². The molecule has 0 fully saturated rings. The van der Waals surface area contributed by atoms with E-state index < -0.39 is 11.7 Å². The van der Waals surface area contributed by atoms with Gasteiger partial charge in [-0.05, 0) is 60.7 Å². The summed E-state index contributed by atoms with van der Waals surface area (Å²) in [6, 6.07) is 12.8. The van der Waals surface area contributed by atoms with E-state index in [-0.39, 0.29) is 18.1 Å². The summed E-state index contributed by atoms with van der Waals surface area (Å²) < 4.78 is 60.1. The number of halogens is 3. The fourth-order valence-electron chi connectivity index (χ4n) is 2.93. The molecule has 31 heavy (non-hydrogen) atoms. The zero-order valence-electron chi connectivity index (χ0n) is 16.1. The van der Waals surface area contributed by atoms with E-state index in [9.17, 15) is 18.0 Å². The molecule has 3 aromatic rings. The van der Waals surface area contributed by atoms with Crippen molar-refractivity contribution in [1.82, 2.24) is 0 Å². The highest BCUT2D eigenvalue weighted by Gasteiger charge is 2.30. The lowest BCUT2D eigenvalue weighted by molar-refractivity contribution is -0.137. The Balaban J connectivity index is 1.37. The summed E-state index contributed by atoms with van der Waals surface area (Å²) in [5.74, 6) is 1.78. The minimum atomic E-state index is -4.44. The molecular weight excluding hydrogens is 413 g/mol. The Morgan fingerprint density at radius 3 is 2.61 bits per heavy atom. The smallest absolute Gasteiger partial charge is 0.416 e. The Kier molecular flexibility index (Phi) is 5.70. The van der Waals surface area contributed by atoms with E-state index in [1.807, 2.05) is 0 Å². The highest BCUT2D eigenvalue weighted by molar-refractivity contribution is 6.07. The zero-order valence-corrected chi connectivity index (χ0v) is 16.1. The van der Waals surface area contributed by atoms with Gasteiger partial charge in [-0.3, -0.25) is 4.79 Å². The Morgan fingerprint density at radius 2 is 1.81 bits per heavy atom. The van der Waals surface area contributed by atoms with Crippen LogP contribution in [0.2, 0.25) is 0 Å². The van der Waals surface area contributed by atoms with Gasteiger partial charge in [0.05, 0.1) is 5.56 Å². The molecule has 4 rings (SSSR count). The van der Waals surface area contributed by atoms with Gasteiger partial charge in [-0.1, -0.05) is 6.07 Å². The minimum absolute atomic E-state index is 0.0503. The van der Waals surface area contributed by atoms with Crippen LogP contribution in [0.25, 0.3) is 6.08 Å². The summed E-state index contributed by atoms with van der Waals surface area (Å²) in [5, 5.41) is 0. The number of benzene rings is 2. The maximum Gasteiger partial charge on any atom is 0.416 e. The number of carbonyl (C=O) groups is 1. The third-order valence-electron chi connectivity index (χ3n) is 4.45. The summed E-state index contributed by atoms with van der Waals surface area (Å²) >= 11 is 0. The summed E-state index contributed by atoms with van der Waals surface area (Å²) in [5.41, 5.74) is -0.342. The topological polar surface area (TPSA) is 57.9 Å². The average Bonchev–Trinajstić information content (AvgIpc) is 3.23. The van der Waals surface area contributed by atoms with Crippen molar-refractivity contribution in [3.05, 3.63) is 83.3 Å². The van der Waals surface area contributed by atoms with Crippen molar-refractivity contribution < 1.29 is 36.6 Å². The average molecular weight is 430 g/mol. The van der Waals surface area contributed by atoms with Gasteiger partial charge in [0.2, 0.25) is 0 Å². The van der Waals surface area contributed by atoms with Gasteiger partial charge in [0, 0.05) is 5.56 Å². The maximum atomic E-state index is 12.8. The first-order chi connectivity index (χ1) is 14.9. The molecule has 0 saturated heterocycles. The lowest BCUT2D eigenvalue weighted by atomic mass is 10.1. The number of alkyl halides is 3. The standard InChI is InChI=1S/C23H17F3O5/c24-23(25,26)16-2-1-3-18(13-16)30-14-19-6-5-17(31-19)7-8-20(27)15-4-9-21-22(12-15)29-11-10-28-21/h1-9,12-13H,10-11,14H2/b8-7+. The van der Waals surface area contributed by atoms with Crippen molar-refractivity contribution in [3.8, 4) is 17.2 Å². The molecule has 5 nitrogen and oxygen atoms in total. The third kappa shape index (κ3) is 5.09. The van der Waals surface area contributed by atoms with Crippen molar-refractivity contribution >= 4 is 11.9 Å². The molecule has 0 unspecified atom stereocenters. The molecule has 0 spiro atoms. The number of allylic oxidation sites excluding steroid dienone is 1. The van der Waals surface area contributed by atoms with Crippen molar-refractivity contribution in [2.75, 3.05) is 13.2 Å². The molecule has 160 valence electrons. The fraction of sp³-hybridized carbons (Fsp3) is 0.174. The lowest BCUT2D eigenvalue weighted by Gasteiger charge is -2.18. The van der Waals surface area contributed by atoms with Crippen LogP contribution in [-0.4, -0.2) is 19.0 Å². The van der Waals surface area contributed by atoms with Crippen LogP contribution >= 0.6 is 0 Å². The van der Waals surface area contributed by atoms with Gasteiger partial charge in [0.1, 0.15) is 37.1 Å². The summed E-state index contributed by atoms with van der Waals surface area (Å²) in [4.78, 5) is 12.4. The van der Waals surface area contributed by atoms with Crippen LogP contribution in [0, 0.1) is 0 Å². The number of hydrogen-bond donors (Lipinski definition) is 0. The van der Waals surface area contributed by atoms with Crippen molar-refractivity contribution in [1.29, 1.82) is 0 Å². The number of fused-ring (bicyclic) bond motifs is 1. The molecule has 0 amide bonds. The quantitative estimate of drug-likeness (QED) is 0.379. The molecule has 0 N–H and O–H groups in total. The largest absolute Gasteiger partial charge is 0.486 e. The second kappa shape index (κ2) is 8.59. The maximum absolute atomic E-state index is 12.8. The molecule has 0 radical (unpaired) electrons. The van der Waals surface area contributed by atoms with Crippen molar-refractivity contribution in [2.45, 2.75) is 12.8 Å². The van der Waals surface area contributed by atoms with Crippen LogP contribution in [0.4, 0.5) is 13.2 Å². The molecule has 1 aliphatic rings. The number of furan rings is 1. The molecule has 0 aliphatic carbocycles. The van der Waals surface area contributed by atoms with E-state index in [1.165, 1.54) is 24.3 Å². The van der Waals surface area contributed by atoms with Gasteiger partial charge < -0.3 is 18.6 Å². The lowest BCUT2D eigenvalue weighted by Crippen LogP contribution is -2.15. The highest BCUT2D eigenvalue weighted by Crippen LogP contribution is 2.32. The molecule has 1 aliphatic heterocycles. The second-order valence-corrected chi connectivity index (χ2v) is 6.67. The number of ketones is 1. The van der Waals surface area contributed by atoms with E-state index in [0.717, 1.165) is 12.1 Å². The molecule has 0 atom stereocenters. The molecule has 8 heteroatoms. The van der Waals surface area contributed by atoms with Crippen LogP contribution in [0.3, 0.4) is 0 Å². The first-order valence-corrected chi connectivity index (χ1v) is 9.39. The normalized spacial score (nSPS) is 13.4. The molecular formula is C23H17F3O5. The zero-order chi connectivity index (χ0) is 21.8. The Labute approximate surface area is 175 Å². The van der Waals surface area contributed by atoms with Crippen LogP contribution in [0.1, 0.15) is 27.4 Å². The van der Waals surface area contributed by atoms with Gasteiger partial charge in [-0.15, -0.1) is 0 Å². The SMILES string of the molecule is O=C(/C=C/c1ccc(COc2cccc(C(F)(F)F)c2)o1)c1ccc2c(c1)OCCO2. The fourth-order valence-corrected chi connectivity index (χ4v) is 2.93. The number of carbonyl (C=O) groups excluding carboxylic acids is 1. The third-order valence-corrected chi connectivity index (χ3v) is 4.45. The van der Waals surface area contributed by atoms with Crippen LogP contribution < -0.4 is 14.2 Å². The predicted molar refractivity (Wildman–Crippen MR) is 105 cm³/mol. The summed E-state index contributed by atoms with van der Waals surface area (Å²) in [6.45, 7) is 0.849. The van der Waals surface area contributed by atoms with Gasteiger partial charge in [-0.25, -0.2) is 0 Å². The van der Waals surface area contributed by atoms with Gasteiger partial charge in [-0.2, -0.15) is 13.2 Å². The van der Waals surface area contributed by atoms with E-state index >= 15 is 0 Å². The molecule has 2 heterocycles. The molecule has 0 bridgehead atoms. The number of hydrogen-bond acceptors (Lipinski definition) is 5. The number of rotatable bonds is 6. The predicted octanol–water partition coefficient (Wildman–Crippen LogP) is 5.54. The van der Waals surface area contributed by atoms with E-state index in [2.05, 4.69) is 0 Å². The Morgan fingerprint density at radius 1 is 1.00 bits per heavy atom. The first kappa shape index (κ1) is 20.6. The first-order valence-electron chi connectivity index (χ1n) is 9.39. The monoisotopic (exact) mass is 430 g/mol. The Bertz CT molecular complexity index is 1110. The summed E-state index contributed by atoms with van der Waals surface area (Å²) in [6.07, 6.45) is -1.57.